The highest BCUT2D eigenvalue weighted by molar-refractivity contribution is 5.89. The van der Waals surface area contributed by atoms with Crippen LogP contribution in [0.4, 0.5) is 4.79 Å². The van der Waals surface area contributed by atoms with Crippen molar-refractivity contribution in [2.75, 3.05) is 40.0 Å². The number of nitrogens with one attached hydrogen (secondary N) is 1. The van der Waals surface area contributed by atoms with Crippen molar-refractivity contribution in [2.24, 2.45) is 0 Å². The number of aliphatic carboxylic acids is 1. The fraction of sp³-hybridized carbons (Fsp3) is 0.375. The minimum atomic E-state index is -1.33. The molecule has 3 N–H and O–H groups in total. The van der Waals surface area contributed by atoms with Gasteiger partial charge in [-0.25, -0.2) is 4.79 Å². The van der Waals surface area contributed by atoms with Crippen molar-refractivity contribution in [3.8, 4) is 11.1 Å². The van der Waals surface area contributed by atoms with Crippen LogP contribution < -0.4 is 5.32 Å². The number of methoxy groups -OCH3 is 1. The molecule has 3 rings (SSSR count). The molecule has 0 aromatic heterocycles. The number of amides is 2. The molecule has 0 bridgehead atoms. The normalized spacial score (nSPS) is 13.0. The Labute approximate surface area is 191 Å². The summed E-state index contributed by atoms with van der Waals surface area (Å²) >= 11 is 0. The molecule has 0 spiro atoms. The Morgan fingerprint density at radius 3 is 2.18 bits per heavy atom. The van der Waals surface area contributed by atoms with E-state index in [4.69, 9.17) is 9.47 Å². The van der Waals surface area contributed by atoms with Crippen LogP contribution in [-0.2, 0) is 19.1 Å². The van der Waals surface area contributed by atoms with E-state index in [0.29, 0.717) is 0 Å². The fourth-order valence-corrected chi connectivity index (χ4v) is 4.03. The smallest absolute Gasteiger partial charge is 0.407 e. The van der Waals surface area contributed by atoms with Gasteiger partial charge >= 0.3 is 12.1 Å². The number of benzene rings is 2. The second kappa shape index (κ2) is 11.4. The van der Waals surface area contributed by atoms with Crippen molar-refractivity contribution in [1.29, 1.82) is 0 Å². The molecule has 2 aromatic rings. The van der Waals surface area contributed by atoms with Gasteiger partial charge in [0.25, 0.3) is 0 Å². The summed E-state index contributed by atoms with van der Waals surface area (Å²) in [6, 6.07) is 14.4. The van der Waals surface area contributed by atoms with Crippen LogP contribution in [0, 0.1) is 0 Å². The zero-order valence-corrected chi connectivity index (χ0v) is 18.4. The predicted molar refractivity (Wildman–Crippen MR) is 120 cm³/mol. The Bertz CT molecular complexity index is 949. The van der Waals surface area contributed by atoms with E-state index in [1.807, 2.05) is 48.5 Å². The average molecular weight is 456 g/mol. The van der Waals surface area contributed by atoms with Gasteiger partial charge < -0.3 is 29.9 Å². The number of alkyl carbamates (subject to hydrolysis) is 1. The number of aliphatic hydroxyl groups excluding tert-OH is 1. The number of fused-ring (bicyclic) bond motifs is 3. The second-order valence-corrected chi connectivity index (χ2v) is 7.66. The van der Waals surface area contributed by atoms with Gasteiger partial charge in [-0.1, -0.05) is 48.5 Å². The minimum Gasteiger partial charge on any atom is -0.481 e. The first kappa shape index (κ1) is 24.2. The molecule has 0 radical (unpaired) electrons. The van der Waals surface area contributed by atoms with Gasteiger partial charge in [-0.3, -0.25) is 9.59 Å². The number of carboxylic acids is 1. The number of carboxylic acid groups (broad SMARTS) is 1. The third kappa shape index (κ3) is 5.88. The Balaban J connectivity index is 1.68. The first-order valence-corrected chi connectivity index (χ1v) is 10.7. The topological polar surface area (TPSA) is 125 Å². The fourth-order valence-electron chi connectivity index (χ4n) is 4.03. The number of rotatable bonds is 11. The Morgan fingerprint density at radius 2 is 1.64 bits per heavy atom. The van der Waals surface area contributed by atoms with Crippen molar-refractivity contribution in [3.05, 3.63) is 59.7 Å². The maximum absolute atomic E-state index is 12.8. The summed E-state index contributed by atoms with van der Waals surface area (Å²) in [6.45, 7) is 0.0810. The molecule has 2 amide bonds. The maximum Gasteiger partial charge on any atom is 0.407 e. The molecular formula is C24H28N2O7. The zero-order chi connectivity index (χ0) is 23.8. The average Bonchev–Trinajstić information content (AvgIpc) is 3.13. The monoisotopic (exact) mass is 456 g/mol. The van der Waals surface area contributed by atoms with Crippen LogP contribution in [0.1, 0.15) is 23.5 Å². The van der Waals surface area contributed by atoms with Crippen LogP contribution in [0.25, 0.3) is 11.1 Å². The van der Waals surface area contributed by atoms with Gasteiger partial charge in [0.15, 0.2) is 0 Å². The van der Waals surface area contributed by atoms with E-state index in [2.05, 4.69) is 5.32 Å². The van der Waals surface area contributed by atoms with E-state index in [-0.39, 0.29) is 38.8 Å². The lowest BCUT2D eigenvalue weighted by Gasteiger charge is -2.26. The highest BCUT2D eigenvalue weighted by atomic mass is 16.5. The molecule has 33 heavy (non-hydrogen) atoms. The van der Waals surface area contributed by atoms with Gasteiger partial charge in [0, 0.05) is 26.1 Å². The van der Waals surface area contributed by atoms with E-state index in [1.165, 1.54) is 12.0 Å². The molecule has 0 heterocycles. The molecule has 1 aliphatic carbocycles. The number of ether oxygens (including phenoxy) is 2. The van der Waals surface area contributed by atoms with Gasteiger partial charge in [-0.15, -0.1) is 0 Å². The summed E-state index contributed by atoms with van der Waals surface area (Å²) in [7, 11) is 1.46. The van der Waals surface area contributed by atoms with Crippen molar-refractivity contribution in [2.45, 2.75) is 18.4 Å². The summed E-state index contributed by atoms with van der Waals surface area (Å²) in [6.07, 6.45) is -1.50. The van der Waals surface area contributed by atoms with Crippen molar-refractivity contribution in [3.63, 3.8) is 0 Å². The van der Waals surface area contributed by atoms with Crippen molar-refractivity contribution in [1.82, 2.24) is 10.2 Å². The molecule has 176 valence electrons. The molecule has 2 aromatic carbocycles. The lowest BCUT2D eigenvalue weighted by atomic mass is 9.98. The number of carbonyl (C=O) groups is 3. The minimum absolute atomic E-state index is 0.00924. The van der Waals surface area contributed by atoms with Gasteiger partial charge in [-0.05, 0) is 22.3 Å². The third-order valence-electron chi connectivity index (χ3n) is 5.56. The quantitative estimate of drug-likeness (QED) is 0.471. The van der Waals surface area contributed by atoms with Crippen LogP contribution in [0.2, 0.25) is 0 Å². The lowest BCUT2D eigenvalue weighted by molar-refractivity contribution is -0.143. The van der Waals surface area contributed by atoms with Crippen LogP contribution >= 0.6 is 0 Å². The van der Waals surface area contributed by atoms with Crippen LogP contribution in [0.5, 0.6) is 0 Å². The molecular weight excluding hydrogens is 428 g/mol. The summed E-state index contributed by atoms with van der Waals surface area (Å²) in [4.78, 5) is 37.9. The van der Waals surface area contributed by atoms with E-state index < -0.39 is 30.4 Å². The third-order valence-corrected chi connectivity index (χ3v) is 5.56. The van der Waals surface area contributed by atoms with Crippen LogP contribution in [-0.4, -0.2) is 79.1 Å². The molecule has 9 nitrogen and oxygen atoms in total. The highest BCUT2D eigenvalue weighted by Gasteiger charge is 2.31. The number of nitrogens with zero attached hydrogens (tertiary/aromatic N) is 1. The van der Waals surface area contributed by atoms with Crippen LogP contribution in [0.15, 0.2) is 48.5 Å². The van der Waals surface area contributed by atoms with Gasteiger partial charge in [0.05, 0.1) is 19.6 Å². The van der Waals surface area contributed by atoms with Gasteiger partial charge in [0.2, 0.25) is 5.91 Å². The number of aliphatic hydroxyl groups is 1. The van der Waals surface area contributed by atoms with E-state index in [9.17, 15) is 24.6 Å². The molecule has 0 fully saturated rings. The Morgan fingerprint density at radius 1 is 1.03 bits per heavy atom. The summed E-state index contributed by atoms with van der Waals surface area (Å²) in [5, 5.41) is 20.8. The van der Waals surface area contributed by atoms with E-state index in [0.717, 1.165) is 22.3 Å². The maximum atomic E-state index is 12.8. The molecule has 9 heteroatoms. The van der Waals surface area contributed by atoms with Crippen LogP contribution in [0.3, 0.4) is 0 Å². The number of hydrogen-bond acceptors (Lipinski definition) is 6. The standard InChI is InChI=1S/C24H28N2O7/c1-32-13-11-26(10-12-27)23(30)21(14-22(28)29)25-24(31)33-15-20-18-8-4-2-6-16(18)17-7-3-5-9-19(17)20/h2-9,20-21,27H,10-15H2,1H3,(H,25,31)(H,28,29). The van der Waals surface area contributed by atoms with Gasteiger partial charge in [-0.2, -0.15) is 0 Å². The van der Waals surface area contributed by atoms with E-state index >= 15 is 0 Å². The SMILES string of the molecule is COCCN(CCO)C(=O)C(CC(=O)O)NC(=O)OCC1c2ccccc2-c2ccccc21. The summed E-state index contributed by atoms with van der Waals surface area (Å²) < 4.78 is 10.4. The first-order valence-electron chi connectivity index (χ1n) is 10.7. The zero-order valence-electron chi connectivity index (χ0n) is 18.4. The lowest BCUT2D eigenvalue weighted by Crippen LogP contribution is -2.51. The molecule has 0 saturated heterocycles. The first-order chi connectivity index (χ1) is 16.0. The number of hydrogen-bond donors (Lipinski definition) is 3. The molecule has 1 unspecified atom stereocenters. The second-order valence-electron chi connectivity index (χ2n) is 7.66. The summed E-state index contributed by atoms with van der Waals surface area (Å²) in [5.74, 6) is -2.04. The summed E-state index contributed by atoms with van der Waals surface area (Å²) in [5.41, 5.74) is 4.24. The molecule has 0 aliphatic heterocycles. The van der Waals surface area contributed by atoms with Crippen molar-refractivity contribution < 1.29 is 34.1 Å². The Kier molecular flexibility index (Phi) is 8.39. The predicted octanol–water partition coefficient (Wildman–Crippen LogP) is 1.84. The molecule has 1 atom stereocenters. The Hall–Kier alpha value is -3.43. The van der Waals surface area contributed by atoms with Crippen molar-refractivity contribution >= 4 is 18.0 Å². The number of carbonyl (C=O) groups excluding carboxylic acids is 2. The highest BCUT2D eigenvalue weighted by Crippen LogP contribution is 2.44. The molecule has 1 aliphatic rings. The van der Waals surface area contributed by atoms with Gasteiger partial charge in [0.1, 0.15) is 12.6 Å². The molecule has 0 saturated carbocycles. The van der Waals surface area contributed by atoms with E-state index in [1.54, 1.807) is 0 Å². The largest absolute Gasteiger partial charge is 0.481 e.